The third-order valence-corrected chi connectivity index (χ3v) is 3.16. The Labute approximate surface area is 121 Å². The van der Waals surface area contributed by atoms with Gasteiger partial charge in [0.25, 0.3) is 5.91 Å². The number of carbonyl (C=O) groups is 1. The SMILES string of the molecule is N#Cc1ccc(C(=O)Nc2cccc3ccccc23)nc1. The van der Waals surface area contributed by atoms with Crippen LogP contribution in [0.5, 0.6) is 0 Å². The van der Waals surface area contributed by atoms with Gasteiger partial charge in [-0.15, -0.1) is 0 Å². The molecule has 0 bridgehead atoms. The molecule has 0 saturated carbocycles. The fraction of sp³-hybridized carbons (Fsp3) is 0. The molecule has 1 heterocycles. The van der Waals surface area contributed by atoms with E-state index in [1.165, 1.54) is 6.20 Å². The number of fused-ring (bicyclic) bond motifs is 1. The summed E-state index contributed by atoms with van der Waals surface area (Å²) in [7, 11) is 0. The number of pyridine rings is 1. The van der Waals surface area contributed by atoms with Gasteiger partial charge in [0.05, 0.1) is 5.56 Å². The van der Waals surface area contributed by atoms with Gasteiger partial charge in [-0.2, -0.15) is 5.26 Å². The number of nitrogens with one attached hydrogen (secondary N) is 1. The van der Waals surface area contributed by atoms with Crippen molar-refractivity contribution in [3.63, 3.8) is 0 Å². The second-order valence-corrected chi connectivity index (χ2v) is 4.52. The van der Waals surface area contributed by atoms with Crippen molar-refractivity contribution in [2.24, 2.45) is 0 Å². The molecular weight excluding hydrogens is 262 g/mol. The van der Waals surface area contributed by atoms with Crippen molar-refractivity contribution in [3.8, 4) is 6.07 Å². The van der Waals surface area contributed by atoms with E-state index in [-0.39, 0.29) is 11.6 Å². The second kappa shape index (κ2) is 5.43. The van der Waals surface area contributed by atoms with Crippen molar-refractivity contribution in [1.29, 1.82) is 5.26 Å². The lowest BCUT2D eigenvalue weighted by molar-refractivity contribution is 0.102. The second-order valence-electron chi connectivity index (χ2n) is 4.52. The average molecular weight is 273 g/mol. The molecule has 0 spiro atoms. The van der Waals surface area contributed by atoms with Crippen LogP contribution >= 0.6 is 0 Å². The highest BCUT2D eigenvalue weighted by molar-refractivity contribution is 6.08. The molecule has 3 aromatic rings. The van der Waals surface area contributed by atoms with Gasteiger partial charge in [0.2, 0.25) is 0 Å². The molecular formula is C17H11N3O. The molecule has 21 heavy (non-hydrogen) atoms. The third-order valence-electron chi connectivity index (χ3n) is 3.16. The van der Waals surface area contributed by atoms with E-state index in [0.29, 0.717) is 5.56 Å². The van der Waals surface area contributed by atoms with Crippen LogP contribution in [0.15, 0.2) is 60.8 Å². The predicted octanol–water partition coefficient (Wildman–Crippen LogP) is 3.36. The first-order valence-electron chi connectivity index (χ1n) is 6.43. The zero-order valence-corrected chi connectivity index (χ0v) is 11.1. The number of rotatable bonds is 2. The van der Waals surface area contributed by atoms with Crippen LogP contribution in [0.3, 0.4) is 0 Å². The standard InChI is InChI=1S/C17H11N3O/c18-10-12-8-9-16(19-11-12)17(21)20-15-7-3-5-13-4-1-2-6-14(13)15/h1-9,11H,(H,20,21). The monoisotopic (exact) mass is 273 g/mol. The van der Waals surface area contributed by atoms with Gasteiger partial charge in [-0.05, 0) is 23.6 Å². The summed E-state index contributed by atoms with van der Waals surface area (Å²) in [6, 6.07) is 18.7. The zero-order chi connectivity index (χ0) is 14.7. The Balaban J connectivity index is 1.91. The molecule has 1 amide bonds. The lowest BCUT2D eigenvalue weighted by atomic mass is 10.1. The molecule has 0 aliphatic heterocycles. The largest absolute Gasteiger partial charge is 0.320 e. The highest BCUT2D eigenvalue weighted by atomic mass is 16.1. The van der Waals surface area contributed by atoms with Gasteiger partial charge in [-0.1, -0.05) is 36.4 Å². The molecule has 4 nitrogen and oxygen atoms in total. The van der Waals surface area contributed by atoms with Crippen molar-refractivity contribution in [1.82, 2.24) is 4.98 Å². The summed E-state index contributed by atoms with van der Waals surface area (Å²) in [6.07, 6.45) is 1.39. The first-order valence-corrected chi connectivity index (χ1v) is 6.43. The molecule has 4 heteroatoms. The third kappa shape index (κ3) is 2.58. The van der Waals surface area contributed by atoms with E-state index in [1.807, 2.05) is 48.5 Å². The minimum atomic E-state index is -0.296. The van der Waals surface area contributed by atoms with Gasteiger partial charge in [0.1, 0.15) is 11.8 Å². The summed E-state index contributed by atoms with van der Waals surface area (Å²) in [6.45, 7) is 0. The fourth-order valence-corrected chi connectivity index (χ4v) is 2.12. The Morgan fingerprint density at radius 3 is 2.62 bits per heavy atom. The normalized spacial score (nSPS) is 10.0. The van der Waals surface area contributed by atoms with Crippen LogP contribution in [0.1, 0.15) is 16.1 Å². The van der Waals surface area contributed by atoms with Crippen LogP contribution in [0, 0.1) is 11.3 Å². The van der Waals surface area contributed by atoms with Crippen molar-refractivity contribution >= 4 is 22.4 Å². The van der Waals surface area contributed by atoms with Crippen LogP contribution in [-0.2, 0) is 0 Å². The quantitative estimate of drug-likeness (QED) is 0.778. The summed E-state index contributed by atoms with van der Waals surface area (Å²) in [5.41, 5.74) is 1.45. The Kier molecular flexibility index (Phi) is 3.32. The summed E-state index contributed by atoms with van der Waals surface area (Å²) in [4.78, 5) is 16.2. The molecule has 0 aliphatic carbocycles. The van der Waals surface area contributed by atoms with Gasteiger partial charge < -0.3 is 5.32 Å². The number of aromatic nitrogens is 1. The molecule has 3 rings (SSSR count). The molecule has 100 valence electrons. The van der Waals surface area contributed by atoms with Crippen LogP contribution in [-0.4, -0.2) is 10.9 Å². The predicted molar refractivity (Wildman–Crippen MR) is 80.9 cm³/mol. The van der Waals surface area contributed by atoms with Gasteiger partial charge in [0, 0.05) is 17.3 Å². The molecule has 0 saturated heterocycles. The van der Waals surface area contributed by atoms with Crippen LogP contribution in [0.2, 0.25) is 0 Å². The Morgan fingerprint density at radius 1 is 1.05 bits per heavy atom. The van der Waals surface area contributed by atoms with Crippen molar-refractivity contribution in [2.75, 3.05) is 5.32 Å². The summed E-state index contributed by atoms with van der Waals surface area (Å²) in [5, 5.41) is 13.6. The molecule has 0 unspecified atom stereocenters. The van der Waals surface area contributed by atoms with Crippen molar-refractivity contribution in [2.45, 2.75) is 0 Å². The first kappa shape index (κ1) is 12.8. The lowest BCUT2D eigenvalue weighted by Gasteiger charge is -2.08. The molecule has 0 aliphatic rings. The summed E-state index contributed by atoms with van der Waals surface area (Å²) >= 11 is 0. The van der Waals surface area contributed by atoms with E-state index < -0.39 is 0 Å². The lowest BCUT2D eigenvalue weighted by Crippen LogP contribution is -2.13. The van der Waals surface area contributed by atoms with Gasteiger partial charge in [0.15, 0.2) is 0 Å². The molecule has 1 N–H and O–H groups in total. The average Bonchev–Trinajstić information content (AvgIpc) is 2.55. The number of anilines is 1. The highest BCUT2D eigenvalue weighted by Gasteiger charge is 2.09. The Bertz CT molecular complexity index is 843. The zero-order valence-electron chi connectivity index (χ0n) is 11.1. The van der Waals surface area contributed by atoms with E-state index in [9.17, 15) is 4.79 Å². The van der Waals surface area contributed by atoms with E-state index in [2.05, 4.69) is 10.3 Å². The number of amides is 1. The van der Waals surface area contributed by atoms with Crippen LogP contribution in [0.25, 0.3) is 10.8 Å². The van der Waals surface area contributed by atoms with Gasteiger partial charge in [-0.25, -0.2) is 4.98 Å². The summed E-state index contributed by atoms with van der Waals surface area (Å²) in [5.74, 6) is -0.296. The maximum atomic E-state index is 12.2. The van der Waals surface area contributed by atoms with E-state index in [4.69, 9.17) is 5.26 Å². The number of nitriles is 1. The molecule has 1 aromatic heterocycles. The molecule has 0 fully saturated rings. The minimum Gasteiger partial charge on any atom is -0.320 e. The Hall–Kier alpha value is -3.19. The Morgan fingerprint density at radius 2 is 1.86 bits per heavy atom. The van der Waals surface area contributed by atoms with Gasteiger partial charge >= 0.3 is 0 Å². The van der Waals surface area contributed by atoms with E-state index in [0.717, 1.165) is 16.5 Å². The molecule has 0 atom stereocenters. The topological polar surface area (TPSA) is 65.8 Å². The fourth-order valence-electron chi connectivity index (χ4n) is 2.12. The smallest absolute Gasteiger partial charge is 0.274 e. The van der Waals surface area contributed by atoms with Crippen LogP contribution < -0.4 is 5.32 Å². The minimum absolute atomic E-state index is 0.280. The first-order chi connectivity index (χ1) is 10.3. The van der Waals surface area contributed by atoms with E-state index >= 15 is 0 Å². The maximum Gasteiger partial charge on any atom is 0.274 e. The van der Waals surface area contributed by atoms with Crippen molar-refractivity contribution in [3.05, 3.63) is 72.1 Å². The molecule has 0 radical (unpaired) electrons. The highest BCUT2D eigenvalue weighted by Crippen LogP contribution is 2.23. The number of benzene rings is 2. The number of hydrogen-bond acceptors (Lipinski definition) is 3. The summed E-state index contributed by atoms with van der Waals surface area (Å²) < 4.78 is 0. The van der Waals surface area contributed by atoms with E-state index in [1.54, 1.807) is 12.1 Å². The molecule has 2 aromatic carbocycles. The van der Waals surface area contributed by atoms with Gasteiger partial charge in [-0.3, -0.25) is 4.79 Å². The number of nitrogens with zero attached hydrogens (tertiary/aromatic N) is 2. The maximum absolute atomic E-state index is 12.2. The van der Waals surface area contributed by atoms with Crippen LogP contribution in [0.4, 0.5) is 5.69 Å². The van der Waals surface area contributed by atoms with Crippen molar-refractivity contribution < 1.29 is 4.79 Å². The number of carbonyl (C=O) groups excluding carboxylic acids is 1. The number of hydrogen-bond donors (Lipinski definition) is 1.